The molecule has 0 aromatic heterocycles. The summed E-state index contributed by atoms with van der Waals surface area (Å²) in [4.78, 5) is 13.8. The molecule has 0 bridgehead atoms. The van der Waals surface area contributed by atoms with E-state index in [1.54, 1.807) is 0 Å². The minimum atomic E-state index is -0.0890. The summed E-state index contributed by atoms with van der Waals surface area (Å²) in [5, 5.41) is 0. The van der Waals surface area contributed by atoms with E-state index < -0.39 is 0 Å². The predicted octanol–water partition coefficient (Wildman–Crippen LogP) is 0.788. The van der Waals surface area contributed by atoms with Crippen molar-refractivity contribution in [1.82, 2.24) is 4.90 Å². The van der Waals surface area contributed by atoms with Crippen molar-refractivity contribution >= 4 is 5.91 Å². The monoisotopic (exact) mass is 181 g/mol. The molecule has 3 heteroatoms. The molecule has 1 spiro atoms. The van der Waals surface area contributed by atoms with E-state index in [9.17, 15) is 4.79 Å². The van der Waals surface area contributed by atoms with Crippen LogP contribution < -0.4 is 0 Å². The third-order valence-corrected chi connectivity index (χ3v) is 3.68. The Balaban J connectivity index is 1.62. The minimum Gasteiger partial charge on any atom is -0.368 e. The summed E-state index contributed by atoms with van der Waals surface area (Å²) in [6.07, 6.45) is 4.74. The van der Waals surface area contributed by atoms with Crippen LogP contribution >= 0.6 is 0 Å². The van der Waals surface area contributed by atoms with Crippen LogP contribution in [0, 0.1) is 5.41 Å². The van der Waals surface area contributed by atoms with Crippen LogP contribution in [0.3, 0.4) is 0 Å². The number of rotatable bonds is 1. The molecule has 0 aromatic rings. The molecule has 1 aliphatic carbocycles. The van der Waals surface area contributed by atoms with E-state index in [-0.39, 0.29) is 12.0 Å². The van der Waals surface area contributed by atoms with E-state index >= 15 is 0 Å². The van der Waals surface area contributed by atoms with Crippen LogP contribution in [0.5, 0.6) is 0 Å². The topological polar surface area (TPSA) is 29.5 Å². The highest BCUT2D eigenvalue weighted by molar-refractivity contribution is 5.82. The van der Waals surface area contributed by atoms with E-state index in [2.05, 4.69) is 0 Å². The predicted molar refractivity (Wildman–Crippen MR) is 47.2 cm³/mol. The van der Waals surface area contributed by atoms with Crippen LogP contribution in [0.1, 0.15) is 25.7 Å². The summed E-state index contributed by atoms with van der Waals surface area (Å²) in [5.41, 5.74) is 0.555. The van der Waals surface area contributed by atoms with Crippen LogP contribution in [0.2, 0.25) is 0 Å². The number of carbonyl (C=O) groups excluding carboxylic acids is 1. The van der Waals surface area contributed by atoms with Gasteiger partial charge in [-0.3, -0.25) is 4.79 Å². The molecule has 72 valence electrons. The number of carbonyl (C=O) groups is 1. The molecule has 3 fully saturated rings. The van der Waals surface area contributed by atoms with Gasteiger partial charge in [0.05, 0.1) is 6.61 Å². The van der Waals surface area contributed by atoms with Crippen molar-refractivity contribution in [3.8, 4) is 0 Å². The number of nitrogens with zero attached hydrogens (tertiary/aromatic N) is 1. The van der Waals surface area contributed by atoms with Crippen molar-refractivity contribution in [2.24, 2.45) is 5.41 Å². The molecule has 13 heavy (non-hydrogen) atoms. The molecule has 3 nitrogen and oxygen atoms in total. The lowest BCUT2D eigenvalue weighted by atomic mass is 10.1. The van der Waals surface area contributed by atoms with Crippen molar-refractivity contribution in [3.63, 3.8) is 0 Å². The maximum Gasteiger partial charge on any atom is 0.251 e. The van der Waals surface area contributed by atoms with Crippen LogP contribution in [0.15, 0.2) is 0 Å². The van der Waals surface area contributed by atoms with Gasteiger partial charge in [-0.2, -0.15) is 0 Å². The molecule has 1 amide bonds. The highest BCUT2D eigenvalue weighted by Gasteiger charge is 2.49. The lowest BCUT2D eigenvalue weighted by Crippen LogP contribution is -2.44. The molecule has 3 rings (SSSR count). The van der Waals surface area contributed by atoms with E-state index in [0.29, 0.717) is 5.41 Å². The Bertz CT molecular complexity index is 243. The molecule has 0 unspecified atom stereocenters. The molecule has 0 N–H and O–H groups in total. The Morgan fingerprint density at radius 1 is 1.38 bits per heavy atom. The van der Waals surface area contributed by atoms with Crippen LogP contribution in [-0.2, 0) is 9.53 Å². The fourth-order valence-corrected chi connectivity index (χ4v) is 2.34. The van der Waals surface area contributed by atoms with Gasteiger partial charge in [0, 0.05) is 19.5 Å². The maximum atomic E-state index is 11.7. The van der Waals surface area contributed by atoms with E-state index in [0.717, 1.165) is 26.1 Å². The first-order chi connectivity index (χ1) is 6.29. The van der Waals surface area contributed by atoms with Crippen LogP contribution in [0.25, 0.3) is 0 Å². The Hall–Kier alpha value is -0.570. The third-order valence-electron chi connectivity index (χ3n) is 3.68. The van der Waals surface area contributed by atoms with Gasteiger partial charge in [-0.1, -0.05) is 0 Å². The zero-order chi connectivity index (χ0) is 8.89. The molecule has 2 aliphatic heterocycles. The number of hydrogen-bond acceptors (Lipinski definition) is 2. The van der Waals surface area contributed by atoms with Crippen molar-refractivity contribution < 1.29 is 9.53 Å². The molecule has 2 heterocycles. The second-order valence-corrected chi connectivity index (χ2v) is 4.66. The highest BCUT2D eigenvalue weighted by atomic mass is 16.5. The third kappa shape index (κ3) is 1.17. The van der Waals surface area contributed by atoms with E-state index in [1.807, 2.05) is 4.90 Å². The Morgan fingerprint density at radius 2 is 2.15 bits per heavy atom. The Morgan fingerprint density at radius 3 is 2.62 bits per heavy atom. The zero-order valence-electron chi connectivity index (χ0n) is 7.79. The van der Waals surface area contributed by atoms with Gasteiger partial charge >= 0.3 is 0 Å². The Kier molecular flexibility index (Phi) is 1.48. The molecule has 1 atom stereocenters. The summed E-state index contributed by atoms with van der Waals surface area (Å²) in [6, 6.07) is 0. The van der Waals surface area contributed by atoms with Crippen LogP contribution in [0.4, 0.5) is 0 Å². The average molecular weight is 181 g/mol. The fraction of sp³-hybridized carbons (Fsp3) is 0.900. The first-order valence-electron chi connectivity index (χ1n) is 5.20. The normalized spacial score (nSPS) is 34.8. The lowest BCUT2D eigenvalue weighted by Gasteiger charge is -2.29. The largest absolute Gasteiger partial charge is 0.368 e. The van der Waals surface area contributed by atoms with Crippen molar-refractivity contribution in [3.05, 3.63) is 0 Å². The number of hydrogen-bond donors (Lipinski definition) is 0. The number of likely N-dealkylation sites (tertiary alicyclic amines) is 1. The second kappa shape index (κ2) is 2.47. The van der Waals surface area contributed by atoms with Gasteiger partial charge in [-0.05, 0) is 24.7 Å². The fourth-order valence-electron chi connectivity index (χ4n) is 2.34. The first-order valence-corrected chi connectivity index (χ1v) is 5.20. The summed E-state index contributed by atoms with van der Waals surface area (Å²) in [5.74, 6) is 0.245. The van der Waals surface area contributed by atoms with Gasteiger partial charge in [-0.25, -0.2) is 0 Å². The SMILES string of the molecule is O=C([C@H]1CCO1)N1CCC2(CC2)C1. The van der Waals surface area contributed by atoms with Gasteiger partial charge in [0.1, 0.15) is 6.10 Å². The molecule has 1 saturated carbocycles. The zero-order valence-corrected chi connectivity index (χ0v) is 7.79. The van der Waals surface area contributed by atoms with Crippen molar-refractivity contribution in [2.45, 2.75) is 31.8 Å². The maximum absolute atomic E-state index is 11.7. The van der Waals surface area contributed by atoms with Gasteiger partial charge in [0.2, 0.25) is 0 Å². The van der Waals surface area contributed by atoms with E-state index in [4.69, 9.17) is 4.74 Å². The van der Waals surface area contributed by atoms with Crippen molar-refractivity contribution in [2.75, 3.05) is 19.7 Å². The number of amides is 1. The van der Waals surface area contributed by atoms with Gasteiger partial charge < -0.3 is 9.64 Å². The lowest BCUT2D eigenvalue weighted by molar-refractivity contribution is -0.155. The molecule has 0 radical (unpaired) electrons. The minimum absolute atomic E-state index is 0.0890. The van der Waals surface area contributed by atoms with Gasteiger partial charge in [0.15, 0.2) is 0 Å². The van der Waals surface area contributed by atoms with Gasteiger partial charge in [0.25, 0.3) is 5.91 Å². The van der Waals surface area contributed by atoms with Crippen LogP contribution in [-0.4, -0.2) is 36.6 Å². The summed E-state index contributed by atoms with van der Waals surface area (Å²) in [7, 11) is 0. The van der Waals surface area contributed by atoms with Gasteiger partial charge in [-0.15, -0.1) is 0 Å². The highest BCUT2D eigenvalue weighted by Crippen LogP contribution is 2.52. The molecular formula is C10H15NO2. The molecule has 3 aliphatic rings. The smallest absolute Gasteiger partial charge is 0.251 e. The summed E-state index contributed by atoms with van der Waals surface area (Å²) < 4.78 is 5.20. The quantitative estimate of drug-likeness (QED) is 0.598. The Labute approximate surface area is 78.0 Å². The number of ether oxygens (including phenoxy) is 1. The summed E-state index contributed by atoms with van der Waals surface area (Å²) >= 11 is 0. The molecule has 2 saturated heterocycles. The first kappa shape index (κ1) is 7.80. The summed E-state index contributed by atoms with van der Waals surface area (Å²) in [6.45, 7) is 2.75. The van der Waals surface area contributed by atoms with Crippen molar-refractivity contribution in [1.29, 1.82) is 0 Å². The standard InChI is InChI=1S/C10H15NO2/c12-9(8-1-6-13-8)11-5-4-10(7-11)2-3-10/h8H,1-7H2/t8-/m1/s1. The molecule has 0 aromatic carbocycles. The second-order valence-electron chi connectivity index (χ2n) is 4.66. The average Bonchev–Trinajstić information content (AvgIpc) is 2.57. The molecular weight excluding hydrogens is 166 g/mol. The van der Waals surface area contributed by atoms with E-state index in [1.165, 1.54) is 19.3 Å².